The van der Waals surface area contributed by atoms with Gasteiger partial charge in [-0.15, -0.1) is 11.3 Å². The van der Waals surface area contributed by atoms with E-state index >= 15 is 0 Å². The Morgan fingerprint density at radius 3 is 2.45 bits per heavy atom. The molecule has 0 aliphatic heterocycles. The molecule has 0 bridgehead atoms. The molecule has 0 radical (unpaired) electrons. The van der Waals surface area contributed by atoms with Gasteiger partial charge in [0.05, 0.1) is 11.4 Å². The number of amides is 2. The first kappa shape index (κ1) is 13.6. The average Bonchev–Trinajstić information content (AvgIpc) is 3.32. The highest BCUT2D eigenvalue weighted by molar-refractivity contribution is 7.14. The van der Waals surface area contributed by atoms with E-state index in [1.54, 1.807) is 0 Å². The molecule has 20 heavy (non-hydrogen) atoms. The summed E-state index contributed by atoms with van der Waals surface area (Å²) in [6.45, 7) is 2.00. The van der Waals surface area contributed by atoms with Crippen LogP contribution < -0.4 is 10.6 Å². The van der Waals surface area contributed by atoms with Crippen LogP contribution in [0.5, 0.6) is 0 Å². The normalized spacial score (nSPS) is 18.1. The van der Waals surface area contributed by atoms with Gasteiger partial charge in [0.2, 0.25) is 5.91 Å². The standard InChI is InChI=1S/C15H20N2O2S/c1-9(18)16-8-12-6-7-13(20-12)15(19)17-14(10-2-3-10)11-4-5-11/h6-7,10-11,14H,2-5,8H2,1H3,(H,16,18)(H,17,19). The van der Waals surface area contributed by atoms with E-state index in [-0.39, 0.29) is 11.8 Å². The number of thiophene rings is 1. The van der Waals surface area contributed by atoms with Crippen molar-refractivity contribution < 1.29 is 9.59 Å². The molecule has 0 spiro atoms. The van der Waals surface area contributed by atoms with E-state index in [1.165, 1.54) is 43.9 Å². The van der Waals surface area contributed by atoms with Crippen molar-refractivity contribution in [3.63, 3.8) is 0 Å². The highest BCUT2D eigenvalue weighted by atomic mass is 32.1. The van der Waals surface area contributed by atoms with Crippen molar-refractivity contribution in [1.29, 1.82) is 0 Å². The third kappa shape index (κ3) is 3.39. The molecule has 2 N–H and O–H groups in total. The molecular formula is C15H20N2O2S. The highest BCUT2D eigenvalue weighted by Gasteiger charge is 2.42. The fourth-order valence-electron chi connectivity index (χ4n) is 2.56. The second-order valence-electron chi connectivity index (χ2n) is 5.85. The zero-order valence-electron chi connectivity index (χ0n) is 11.6. The van der Waals surface area contributed by atoms with Crippen molar-refractivity contribution in [2.75, 3.05) is 0 Å². The summed E-state index contributed by atoms with van der Waals surface area (Å²) < 4.78 is 0. The van der Waals surface area contributed by atoms with Crippen LogP contribution in [0.1, 0.15) is 47.2 Å². The highest BCUT2D eigenvalue weighted by Crippen LogP contribution is 2.44. The first-order chi connectivity index (χ1) is 9.63. The molecule has 1 aromatic rings. The van der Waals surface area contributed by atoms with E-state index in [0.717, 1.165) is 9.75 Å². The molecule has 2 amide bonds. The summed E-state index contributed by atoms with van der Waals surface area (Å²) in [7, 11) is 0. The summed E-state index contributed by atoms with van der Waals surface area (Å²) in [6, 6.07) is 4.16. The molecule has 4 nitrogen and oxygen atoms in total. The van der Waals surface area contributed by atoms with Gasteiger partial charge in [0.1, 0.15) is 0 Å². The Balaban J connectivity index is 1.57. The van der Waals surface area contributed by atoms with Gasteiger partial charge in [-0.1, -0.05) is 0 Å². The van der Waals surface area contributed by atoms with Crippen LogP contribution in [0.3, 0.4) is 0 Å². The molecular weight excluding hydrogens is 272 g/mol. The largest absolute Gasteiger partial charge is 0.351 e. The third-order valence-electron chi connectivity index (χ3n) is 3.95. The first-order valence-electron chi connectivity index (χ1n) is 7.27. The molecule has 2 aliphatic rings. The summed E-state index contributed by atoms with van der Waals surface area (Å²) in [6.07, 6.45) is 5.05. The Morgan fingerprint density at radius 1 is 1.25 bits per heavy atom. The predicted octanol–water partition coefficient (Wildman–Crippen LogP) is 2.30. The first-order valence-corrected chi connectivity index (χ1v) is 8.09. The van der Waals surface area contributed by atoms with Crippen LogP contribution in [0.2, 0.25) is 0 Å². The lowest BCUT2D eigenvalue weighted by Crippen LogP contribution is -2.37. The van der Waals surface area contributed by atoms with Gasteiger partial charge in [0, 0.05) is 17.8 Å². The number of rotatable bonds is 6. The van der Waals surface area contributed by atoms with Gasteiger partial charge in [-0.25, -0.2) is 0 Å². The number of hydrogen-bond donors (Lipinski definition) is 2. The minimum absolute atomic E-state index is 0.0490. The van der Waals surface area contributed by atoms with Crippen LogP contribution in [-0.2, 0) is 11.3 Å². The molecule has 1 aromatic heterocycles. The van der Waals surface area contributed by atoms with Gasteiger partial charge >= 0.3 is 0 Å². The fraction of sp³-hybridized carbons (Fsp3) is 0.600. The summed E-state index contributed by atoms with van der Waals surface area (Å²) in [5.74, 6) is 1.43. The van der Waals surface area contributed by atoms with Crippen LogP contribution in [0.15, 0.2) is 12.1 Å². The van der Waals surface area contributed by atoms with E-state index < -0.39 is 0 Å². The third-order valence-corrected chi connectivity index (χ3v) is 5.04. The molecule has 1 heterocycles. The average molecular weight is 292 g/mol. The fourth-order valence-corrected chi connectivity index (χ4v) is 3.41. The summed E-state index contributed by atoms with van der Waals surface area (Å²) in [4.78, 5) is 24.9. The van der Waals surface area contributed by atoms with Crippen LogP contribution >= 0.6 is 11.3 Å². The van der Waals surface area contributed by atoms with Crippen LogP contribution in [0.4, 0.5) is 0 Å². The minimum Gasteiger partial charge on any atom is -0.351 e. The van der Waals surface area contributed by atoms with Gasteiger partial charge in [-0.3, -0.25) is 9.59 Å². The molecule has 3 rings (SSSR count). The van der Waals surface area contributed by atoms with Gasteiger partial charge in [0.25, 0.3) is 5.91 Å². The second kappa shape index (κ2) is 5.56. The lowest BCUT2D eigenvalue weighted by atomic mass is 10.1. The summed E-state index contributed by atoms with van der Waals surface area (Å²) in [5.41, 5.74) is 0. The smallest absolute Gasteiger partial charge is 0.261 e. The molecule has 2 saturated carbocycles. The van der Waals surface area contributed by atoms with E-state index in [4.69, 9.17) is 0 Å². The van der Waals surface area contributed by atoms with E-state index in [0.29, 0.717) is 24.4 Å². The molecule has 0 atom stereocenters. The lowest BCUT2D eigenvalue weighted by molar-refractivity contribution is -0.119. The maximum atomic E-state index is 12.3. The Morgan fingerprint density at radius 2 is 1.90 bits per heavy atom. The zero-order chi connectivity index (χ0) is 14.1. The van der Waals surface area contributed by atoms with Crippen LogP contribution in [-0.4, -0.2) is 17.9 Å². The van der Waals surface area contributed by atoms with Crippen LogP contribution in [0, 0.1) is 11.8 Å². The van der Waals surface area contributed by atoms with Crippen molar-refractivity contribution in [2.24, 2.45) is 11.8 Å². The van der Waals surface area contributed by atoms with Crippen molar-refractivity contribution in [1.82, 2.24) is 10.6 Å². The maximum Gasteiger partial charge on any atom is 0.261 e. The molecule has 0 unspecified atom stereocenters. The topological polar surface area (TPSA) is 58.2 Å². The number of carbonyl (C=O) groups is 2. The molecule has 0 aromatic carbocycles. The van der Waals surface area contributed by atoms with Crippen molar-refractivity contribution in [2.45, 2.75) is 45.2 Å². The molecule has 2 aliphatic carbocycles. The van der Waals surface area contributed by atoms with Gasteiger partial charge in [-0.2, -0.15) is 0 Å². The quantitative estimate of drug-likeness (QED) is 0.845. The number of carbonyl (C=O) groups excluding carboxylic acids is 2. The van der Waals surface area contributed by atoms with Gasteiger partial charge in [0.15, 0.2) is 0 Å². The molecule has 0 saturated heterocycles. The predicted molar refractivity (Wildman–Crippen MR) is 78.5 cm³/mol. The number of hydrogen-bond acceptors (Lipinski definition) is 3. The van der Waals surface area contributed by atoms with E-state index in [9.17, 15) is 9.59 Å². The monoisotopic (exact) mass is 292 g/mol. The molecule has 108 valence electrons. The Bertz CT molecular complexity index is 506. The Hall–Kier alpha value is -1.36. The van der Waals surface area contributed by atoms with E-state index in [2.05, 4.69) is 10.6 Å². The maximum absolute atomic E-state index is 12.3. The van der Waals surface area contributed by atoms with Crippen molar-refractivity contribution >= 4 is 23.2 Å². The van der Waals surface area contributed by atoms with Gasteiger partial charge < -0.3 is 10.6 Å². The van der Waals surface area contributed by atoms with Crippen LogP contribution in [0.25, 0.3) is 0 Å². The van der Waals surface area contributed by atoms with Crippen molar-refractivity contribution in [3.05, 3.63) is 21.9 Å². The SMILES string of the molecule is CC(=O)NCc1ccc(C(=O)NC(C2CC2)C2CC2)s1. The molecule has 5 heteroatoms. The van der Waals surface area contributed by atoms with E-state index in [1.807, 2.05) is 12.1 Å². The molecule has 2 fully saturated rings. The van der Waals surface area contributed by atoms with Crippen molar-refractivity contribution in [3.8, 4) is 0 Å². The Kier molecular flexibility index (Phi) is 3.78. The summed E-state index contributed by atoms with van der Waals surface area (Å²) in [5, 5.41) is 5.97. The second-order valence-corrected chi connectivity index (χ2v) is 7.02. The van der Waals surface area contributed by atoms with Gasteiger partial charge in [-0.05, 0) is 49.7 Å². The Labute approximate surface area is 122 Å². The summed E-state index contributed by atoms with van der Waals surface area (Å²) >= 11 is 1.46. The minimum atomic E-state index is -0.0491. The zero-order valence-corrected chi connectivity index (χ0v) is 12.5. The lowest BCUT2D eigenvalue weighted by Gasteiger charge is -2.16. The number of nitrogens with one attached hydrogen (secondary N) is 2.